The van der Waals surface area contributed by atoms with Gasteiger partial charge in [0.25, 0.3) is 0 Å². The molecule has 1 heteroatoms. The Kier molecular flexibility index (Phi) is 6.42. The van der Waals surface area contributed by atoms with Crippen molar-refractivity contribution in [3.05, 3.63) is 12.2 Å². The van der Waals surface area contributed by atoms with Crippen molar-refractivity contribution >= 4 is 0 Å². The van der Waals surface area contributed by atoms with Gasteiger partial charge in [0.15, 0.2) is 0 Å². The van der Waals surface area contributed by atoms with Crippen molar-refractivity contribution in [2.24, 2.45) is 23.7 Å². The molecule has 6 atom stereocenters. The van der Waals surface area contributed by atoms with Crippen LogP contribution in [0.2, 0.25) is 0 Å². The molecule has 1 aliphatic rings. The lowest BCUT2D eigenvalue weighted by molar-refractivity contribution is -0.131. The summed E-state index contributed by atoms with van der Waals surface area (Å²) >= 11 is 0. The second kappa shape index (κ2) is 7.33. The number of ether oxygens (including phenoxy) is 1. The third kappa shape index (κ3) is 3.85. The molecule has 1 rings (SSSR count). The first-order chi connectivity index (χ1) is 8.51. The molecule has 1 aliphatic heterocycles. The zero-order valence-corrected chi connectivity index (χ0v) is 13.1. The summed E-state index contributed by atoms with van der Waals surface area (Å²) in [6.07, 6.45) is 9.01. The molecule has 0 aromatic heterocycles. The first kappa shape index (κ1) is 15.8. The van der Waals surface area contributed by atoms with E-state index in [1.165, 1.54) is 6.42 Å². The number of rotatable bonds is 5. The fourth-order valence-electron chi connectivity index (χ4n) is 2.95. The lowest BCUT2D eigenvalue weighted by Gasteiger charge is -2.43. The highest BCUT2D eigenvalue weighted by molar-refractivity contribution is 4.93. The third-order valence-electron chi connectivity index (χ3n) is 5.06. The lowest BCUT2D eigenvalue weighted by Crippen LogP contribution is -2.44. The highest BCUT2D eigenvalue weighted by Gasteiger charge is 2.37. The van der Waals surface area contributed by atoms with Crippen molar-refractivity contribution in [3.8, 4) is 0 Å². The molecule has 0 aromatic carbocycles. The van der Waals surface area contributed by atoms with Crippen LogP contribution in [0.4, 0.5) is 0 Å². The highest BCUT2D eigenvalue weighted by atomic mass is 16.5. The molecule has 1 heterocycles. The first-order valence-electron chi connectivity index (χ1n) is 7.83. The SMILES string of the molecule is CCC(C)/C=C/C[C@H]1OC(CC)[C@H](C)C(C)C1C. The predicted octanol–water partition coefficient (Wildman–Crippen LogP) is 5.06. The largest absolute Gasteiger partial charge is 0.374 e. The van der Waals surface area contributed by atoms with Crippen molar-refractivity contribution in [1.29, 1.82) is 0 Å². The Hall–Kier alpha value is -0.300. The van der Waals surface area contributed by atoms with E-state index in [0.717, 1.165) is 18.8 Å². The van der Waals surface area contributed by atoms with Gasteiger partial charge in [0, 0.05) is 0 Å². The molecule has 0 amide bonds. The van der Waals surface area contributed by atoms with Crippen molar-refractivity contribution in [2.45, 2.75) is 73.0 Å². The van der Waals surface area contributed by atoms with Gasteiger partial charge in [0.2, 0.25) is 0 Å². The Labute approximate surface area is 114 Å². The van der Waals surface area contributed by atoms with Crippen LogP contribution < -0.4 is 0 Å². The summed E-state index contributed by atoms with van der Waals surface area (Å²) in [7, 11) is 0. The van der Waals surface area contributed by atoms with E-state index in [9.17, 15) is 0 Å². The second-order valence-electron chi connectivity index (χ2n) is 6.25. The Morgan fingerprint density at radius 2 is 1.61 bits per heavy atom. The molecule has 4 unspecified atom stereocenters. The maximum absolute atomic E-state index is 6.29. The lowest BCUT2D eigenvalue weighted by atomic mass is 9.75. The van der Waals surface area contributed by atoms with Gasteiger partial charge in [-0.25, -0.2) is 0 Å². The second-order valence-corrected chi connectivity index (χ2v) is 6.25. The summed E-state index contributed by atoms with van der Waals surface area (Å²) in [4.78, 5) is 0. The fourth-order valence-corrected chi connectivity index (χ4v) is 2.95. The fraction of sp³-hybridized carbons (Fsp3) is 0.882. The molecule has 0 radical (unpaired) electrons. The number of hydrogen-bond acceptors (Lipinski definition) is 1. The standard InChI is InChI=1S/C17H32O/c1-7-12(3)10-9-11-17-15(6)13(4)14(5)16(8-2)18-17/h9-10,12-17H,7-8,11H2,1-6H3/b10-9+/t12?,13?,14-,15?,16?,17-/m1/s1. The number of hydrogen-bond donors (Lipinski definition) is 0. The molecule has 1 nitrogen and oxygen atoms in total. The maximum Gasteiger partial charge on any atom is 0.0641 e. The van der Waals surface area contributed by atoms with Crippen LogP contribution in [0.1, 0.15) is 60.8 Å². The van der Waals surface area contributed by atoms with Crippen LogP contribution in [0.5, 0.6) is 0 Å². The summed E-state index contributed by atoms with van der Waals surface area (Å²) in [6.45, 7) is 13.9. The molecule has 0 spiro atoms. The van der Waals surface area contributed by atoms with E-state index in [2.05, 4.69) is 53.7 Å². The third-order valence-corrected chi connectivity index (χ3v) is 5.06. The molecule has 106 valence electrons. The Morgan fingerprint density at radius 1 is 1.00 bits per heavy atom. The van der Waals surface area contributed by atoms with Gasteiger partial charge in [-0.2, -0.15) is 0 Å². The number of allylic oxidation sites excluding steroid dienone is 1. The van der Waals surface area contributed by atoms with E-state index in [1.807, 2.05) is 0 Å². The molecule has 0 N–H and O–H groups in total. The van der Waals surface area contributed by atoms with Crippen molar-refractivity contribution in [2.75, 3.05) is 0 Å². The van der Waals surface area contributed by atoms with E-state index < -0.39 is 0 Å². The normalized spacial score (nSPS) is 39.1. The monoisotopic (exact) mass is 252 g/mol. The topological polar surface area (TPSA) is 9.23 Å². The molecular weight excluding hydrogens is 220 g/mol. The van der Waals surface area contributed by atoms with E-state index in [1.54, 1.807) is 0 Å². The summed E-state index contributed by atoms with van der Waals surface area (Å²) in [6, 6.07) is 0. The molecule has 1 fully saturated rings. The molecular formula is C17H32O. The highest BCUT2D eigenvalue weighted by Crippen LogP contribution is 2.37. The van der Waals surface area contributed by atoms with Gasteiger partial charge in [-0.05, 0) is 36.5 Å². The molecule has 0 bridgehead atoms. The molecule has 0 aliphatic carbocycles. The summed E-state index contributed by atoms with van der Waals surface area (Å²) < 4.78 is 6.29. The summed E-state index contributed by atoms with van der Waals surface area (Å²) in [5.74, 6) is 2.83. The molecule has 0 saturated carbocycles. The van der Waals surface area contributed by atoms with Crippen LogP contribution in [0.3, 0.4) is 0 Å². The van der Waals surface area contributed by atoms with Crippen LogP contribution in [0.15, 0.2) is 12.2 Å². The predicted molar refractivity (Wildman–Crippen MR) is 79.7 cm³/mol. The van der Waals surface area contributed by atoms with Gasteiger partial charge in [0.1, 0.15) is 0 Å². The Morgan fingerprint density at radius 3 is 2.17 bits per heavy atom. The van der Waals surface area contributed by atoms with Crippen molar-refractivity contribution in [3.63, 3.8) is 0 Å². The average Bonchev–Trinajstić information content (AvgIpc) is 2.38. The van der Waals surface area contributed by atoms with E-state index in [-0.39, 0.29) is 0 Å². The van der Waals surface area contributed by atoms with E-state index in [0.29, 0.717) is 30.0 Å². The first-order valence-corrected chi connectivity index (χ1v) is 7.83. The van der Waals surface area contributed by atoms with Gasteiger partial charge in [-0.3, -0.25) is 0 Å². The Bertz CT molecular complexity index is 256. The van der Waals surface area contributed by atoms with E-state index in [4.69, 9.17) is 4.74 Å². The van der Waals surface area contributed by atoms with Gasteiger partial charge >= 0.3 is 0 Å². The van der Waals surface area contributed by atoms with Crippen molar-refractivity contribution < 1.29 is 4.74 Å². The van der Waals surface area contributed by atoms with Gasteiger partial charge < -0.3 is 4.74 Å². The van der Waals surface area contributed by atoms with E-state index >= 15 is 0 Å². The minimum absolute atomic E-state index is 0.418. The van der Waals surface area contributed by atoms with Crippen LogP contribution in [0.25, 0.3) is 0 Å². The molecule has 0 aromatic rings. The quantitative estimate of drug-likeness (QED) is 0.621. The maximum atomic E-state index is 6.29. The minimum atomic E-state index is 0.418. The van der Waals surface area contributed by atoms with Gasteiger partial charge in [-0.1, -0.05) is 60.1 Å². The molecule has 1 saturated heterocycles. The van der Waals surface area contributed by atoms with Crippen LogP contribution in [-0.4, -0.2) is 12.2 Å². The van der Waals surface area contributed by atoms with Gasteiger partial charge in [-0.15, -0.1) is 0 Å². The van der Waals surface area contributed by atoms with Gasteiger partial charge in [0.05, 0.1) is 12.2 Å². The van der Waals surface area contributed by atoms with Crippen molar-refractivity contribution in [1.82, 2.24) is 0 Å². The molecule has 18 heavy (non-hydrogen) atoms. The average molecular weight is 252 g/mol. The van der Waals surface area contributed by atoms with Crippen LogP contribution in [0, 0.1) is 23.7 Å². The van der Waals surface area contributed by atoms with Crippen LogP contribution >= 0.6 is 0 Å². The zero-order chi connectivity index (χ0) is 13.7. The smallest absolute Gasteiger partial charge is 0.0641 e. The Balaban J connectivity index is 2.56. The summed E-state index contributed by atoms with van der Waals surface area (Å²) in [5.41, 5.74) is 0. The zero-order valence-electron chi connectivity index (χ0n) is 13.1. The minimum Gasteiger partial charge on any atom is -0.374 e. The van der Waals surface area contributed by atoms with Crippen LogP contribution in [-0.2, 0) is 4.74 Å². The summed E-state index contributed by atoms with van der Waals surface area (Å²) in [5, 5.41) is 0.